The fourth-order valence-corrected chi connectivity index (χ4v) is 3.72. The van der Waals surface area contributed by atoms with Gasteiger partial charge in [-0.1, -0.05) is 25.6 Å². The molecule has 1 aliphatic heterocycles. The van der Waals surface area contributed by atoms with E-state index in [1.165, 1.54) is 0 Å². The predicted octanol–water partition coefficient (Wildman–Crippen LogP) is 2.65. The van der Waals surface area contributed by atoms with Crippen LogP contribution in [-0.2, 0) is 9.59 Å². The van der Waals surface area contributed by atoms with Gasteiger partial charge in [-0.3, -0.25) is 9.59 Å². The van der Waals surface area contributed by atoms with Crippen molar-refractivity contribution in [2.75, 3.05) is 5.32 Å². The summed E-state index contributed by atoms with van der Waals surface area (Å²) in [7, 11) is 0. The van der Waals surface area contributed by atoms with Gasteiger partial charge in [0, 0.05) is 11.1 Å². The molecule has 0 saturated heterocycles. The van der Waals surface area contributed by atoms with Crippen molar-refractivity contribution in [1.29, 1.82) is 15.8 Å². The first-order chi connectivity index (χ1) is 12.7. The van der Waals surface area contributed by atoms with Gasteiger partial charge in [0.15, 0.2) is 0 Å². The number of benzene rings is 1. The van der Waals surface area contributed by atoms with Gasteiger partial charge in [0.1, 0.15) is 5.92 Å². The molecular weight excluding hydrogens is 362 g/mol. The molecule has 0 unspecified atom stereocenters. The Labute approximate surface area is 161 Å². The molecule has 8 heteroatoms. The second kappa shape index (κ2) is 7.95. The Balaban J connectivity index is 2.19. The number of nitrogens with one attached hydrogen (secondary N) is 2. The van der Waals surface area contributed by atoms with Gasteiger partial charge in [-0.25, -0.2) is 0 Å². The fourth-order valence-electron chi connectivity index (χ4n) is 2.62. The van der Waals surface area contributed by atoms with Crippen LogP contribution in [0.1, 0.15) is 26.3 Å². The lowest BCUT2D eigenvalue weighted by Crippen LogP contribution is -2.45. The van der Waals surface area contributed by atoms with Gasteiger partial charge in [0.05, 0.1) is 39.6 Å². The van der Waals surface area contributed by atoms with Crippen molar-refractivity contribution in [1.82, 2.24) is 5.32 Å². The minimum Gasteiger partial charge on any atom is -0.325 e. The van der Waals surface area contributed by atoms with Crippen LogP contribution in [0.3, 0.4) is 0 Å². The van der Waals surface area contributed by atoms with Crippen LogP contribution in [0.15, 0.2) is 34.9 Å². The van der Waals surface area contributed by atoms with Crippen LogP contribution in [0.25, 0.3) is 0 Å². The average molecular weight is 379 g/mol. The summed E-state index contributed by atoms with van der Waals surface area (Å²) in [6.45, 7) is 4.99. The Kier molecular flexibility index (Phi) is 5.90. The normalized spacial score (nSPS) is 19.1. The lowest BCUT2D eigenvalue weighted by Gasteiger charge is -2.35. The van der Waals surface area contributed by atoms with Crippen molar-refractivity contribution in [3.63, 3.8) is 0 Å². The third-order valence-corrected chi connectivity index (χ3v) is 5.39. The van der Waals surface area contributed by atoms with Gasteiger partial charge in [-0.05, 0) is 31.2 Å². The molecule has 2 atom stereocenters. The van der Waals surface area contributed by atoms with Crippen molar-refractivity contribution in [2.24, 2.45) is 11.3 Å². The van der Waals surface area contributed by atoms with Gasteiger partial charge in [-0.2, -0.15) is 15.8 Å². The van der Waals surface area contributed by atoms with E-state index in [1.807, 2.05) is 12.1 Å². The Morgan fingerprint density at radius 3 is 2.37 bits per heavy atom. The van der Waals surface area contributed by atoms with E-state index in [9.17, 15) is 20.1 Å². The number of hydrogen-bond acceptors (Lipinski definition) is 6. The highest BCUT2D eigenvalue weighted by atomic mass is 32.2. The van der Waals surface area contributed by atoms with Crippen LogP contribution < -0.4 is 10.6 Å². The topological polar surface area (TPSA) is 130 Å². The van der Waals surface area contributed by atoms with Crippen LogP contribution in [0.2, 0.25) is 0 Å². The predicted molar refractivity (Wildman–Crippen MR) is 101 cm³/mol. The van der Waals surface area contributed by atoms with Gasteiger partial charge in [0.2, 0.25) is 11.8 Å². The van der Waals surface area contributed by atoms with Crippen molar-refractivity contribution >= 4 is 29.3 Å². The largest absolute Gasteiger partial charge is 0.325 e. The zero-order valence-corrected chi connectivity index (χ0v) is 15.8. The van der Waals surface area contributed by atoms with Crippen LogP contribution in [0, 0.1) is 45.3 Å². The summed E-state index contributed by atoms with van der Waals surface area (Å²) in [5.41, 5.74) is 0.353. The van der Waals surface area contributed by atoms with E-state index in [0.29, 0.717) is 16.3 Å². The number of carbonyl (C=O) groups excluding carboxylic acids is 2. The summed E-state index contributed by atoms with van der Waals surface area (Å²) in [5.74, 6) is -1.77. The minimum atomic E-state index is -0.973. The van der Waals surface area contributed by atoms with Crippen LogP contribution in [0.4, 0.5) is 5.69 Å². The molecular formula is C19H17N5O2S. The molecule has 0 fully saturated rings. The van der Waals surface area contributed by atoms with E-state index >= 15 is 0 Å². The van der Waals surface area contributed by atoms with Gasteiger partial charge < -0.3 is 10.6 Å². The Morgan fingerprint density at radius 1 is 1.22 bits per heavy atom. The molecule has 2 rings (SSSR count). The van der Waals surface area contributed by atoms with Crippen molar-refractivity contribution in [3.05, 3.63) is 40.4 Å². The minimum absolute atomic E-state index is 0.275. The number of nitriles is 3. The highest BCUT2D eigenvalue weighted by Gasteiger charge is 2.45. The quantitative estimate of drug-likeness (QED) is 0.827. The van der Waals surface area contributed by atoms with E-state index in [1.54, 1.807) is 45.0 Å². The second-order valence-electron chi connectivity index (χ2n) is 6.53. The zero-order chi connectivity index (χ0) is 20.2. The average Bonchev–Trinajstić information content (AvgIpc) is 2.62. The summed E-state index contributed by atoms with van der Waals surface area (Å²) >= 11 is 1.06. The number of amides is 2. The Bertz CT molecular complexity index is 929. The molecule has 1 heterocycles. The van der Waals surface area contributed by atoms with Crippen molar-refractivity contribution in [2.45, 2.75) is 26.0 Å². The van der Waals surface area contributed by atoms with Crippen molar-refractivity contribution in [3.8, 4) is 18.2 Å². The molecule has 1 aliphatic rings. The molecule has 0 radical (unpaired) electrons. The maximum absolute atomic E-state index is 12.4. The van der Waals surface area contributed by atoms with Gasteiger partial charge in [0.25, 0.3) is 0 Å². The van der Waals surface area contributed by atoms with E-state index in [0.717, 1.165) is 11.8 Å². The van der Waals surface area contributed by atoms with E-state index < -0.39 is 22.5 Å². The summed E-state index contributed by atoms with van der Waals surface area (Å²) in [6, 6.07) is 12.4. The van der Waals surface area contributed by atoms with Gasteiger partial charge >= 0.3 is 0 Å². The molecule has 0 bridgehead atoms. The molecule has 1 aromatic carbocycles. The van der Waals surface area contributed by atoms with E-state index in [4.69, 9.17) is 5.26 Å². The first-order valence-corrected chi connectivity index (χ1v) is 8.95. The van der Waals surface area contributed by atoms with E-state index in [2.05, 4.69) is 16.7 Å². The number of anilines is 1. The van der Waals surface area contributed by atoms with Gasteiger partial charge in [-0.15, -0.1) is 0 Å². The van der Waals surface area contributed by atoms with E-state index in [-0.39, 0.29) is 11.5 Å². The first kappa shape index (κ1) is 20.0. The summed E-state index contributed by atoms with van der Waals surface area (Å²) in [5, 5.41) is 32.6. The number of thioether (sulfide) groups is 1. The molecule has 0 spiro atoms. The lowest BCUT2D eigenvalue weighted by molar-refractivity contribution is -0.125. The van der Waals surface area contributed by atoms with Crippen LogP contribution in [-0.4, -0.2) is 17.1 Å². The monoisotopic (exact) mass is 379 g/mol. The highest BCUT2D eigenvalue weighted by Crippen LogP contribution is 2.42. The molecule has 27 heavy (non-hydrogen) atoms. The number of allylic oxidation sites excluding steroid dienone is 1. The molecule has 0 aliphatic carbocycles. The molecule has 2 N–H and O–H groups in total. The van der Waals surface area contributed by atoms with Crippen LogP contribution >= 0.6 is 11.8 Å². The molecule has 1 aromatic rings. The summed E-state index contributed by atoms with van der Waals surface area (Å²) in [6.07, 6.45) is 0. The summed E-state index contributed by atoms with van der Waals surface area (Å²) < 4.78 is 0. The fraction of sp³-hybridized carbons (Fsp3) is 0.316. The highest BCUT2D eigenvalue weighted by molar-refractivity contribution is 8.04. The maximum Gasteiger partial charge on any atom is 0.243 e. The SMILES string of the molecule is C[C@@H](SC1=C(C#N)C(C)(C)[C@H](C#N)C(=O)N1)C(=O)Nc1ccc(C#N)cc1. The Hall–Kier alpha value is -3.28. The molecule has 136 valence electrons. The van der Waals surface area contributed by atoms with Crippen molar-refractivity contribution < 1.29 is 9.59 Å². The Morgan fingerprint density at radius 2 is 1.85 bits per heavy atom. The third kappa shape index (κ3) is 4.11. The first-order valence-electron chi connectivity index (χ1n) is 8.07. The molecule has 0 saturated carbocycles. The summed E-state index contributed by atoms with van der Waals surface area (Å²) in [4.78, 5) is 24.6. The number of nitrogens with zero attached hydrogens (tertiary/aromatic N) is 3. The smallest absolute Gasteiger partial charge is 0.243 e. The number of carbonyl (C=O) groups is 2. The molecule has 7 nitrogen and oxygen atoms in total. The zero-order valence-electron chi connectivity index (χ0n) is 15.0. The maximum atomic E-state index is 12.4. The number of hydrogen-bond donors (Lipinski definition) is 2. The van der Waals surface area contributed by atoms with Crippen LogP contribution in [0.5, 0.6) is 0 Å². The number of rotatable bonds is 4. The second-order valence-corrected chi connectivity index (χ2v) is 7.88. The standard InChI is InChI=1S/C19H17N5O2S/c1-11(16(25)23-13-6-4-12(8-20)5-7-13)27-18-15(10-22)19(2,3)14(9-21)17(26)24-18/h4-7,11,14H,1-3H3,(H,23,25)(H,24,26)/t11-,14-/m1/s1. The lowest BCUT2D eigenvalue weighted by atomic mass is 9.72. The molecule has 2 amide bonds. The third-order valence-electron chi connectivity index (χ3n) is 4.28. The molecule has 0 aromatic heterocycles.